The number of nitrogens with zero attached hydrogens (tertiary/aromatic N) is 4. The van der Waals surface area contributed by atoms with E-state index in [1.165, 1.54) is 12.4 Å². The van der Waals surface area contributed by atoms with Gasteiger partial charge in [0.25, 0.3) is 5.91 Å². The van der Waals surface area contributed by atoms with Crippen LogP contribution in [0.1, 0.15) is 34.9 Å². The van der Waals surface area contributed by atoms with Crippen molar-refractivity contribution in [2.24, 2.45) is 7.05 Å². The summed E-state index contributed by atoms with van der Waals surface area (Å²) in [6, 6.07) is -0.306. The summed E-state index contributed by atoms with van der Waals surface area (Å²) in [7, 11) is -1.64. The normalized spacial score (nSPS) is 18.8. The monoisotopic (exact) mass is 323 g/mol. The molecule has 3 rings (SSSR count). The molecule has 22 heavy (non-hydrogen) atoms. The lowest BCUT2D eigenvalue weighted by molar-refractivity contribution is 0.0731. The summed E-state index contributed by atoms with van der Waals surface area (Å²) < 4.78 is 25.3. The molecule has 118 valence electrons. The minimum atomic E-state index is -3.39. The van der Waals surface area contributed by atoms with Gasteiger partial charge in [-0.15, -0.1) is 0 Å². The summed E-state index contributed by atoms with van der Waals surface area (Å²) in [5.74, 6) is -0.148. The lowest BCUT2D eigenvalue weighted by Gasteiger charge is -2.24. The lowest BCUT2D eigenvalue weighted by Crippen LogP contribution is -2.31. The third kappa shape index (κ3) is 2.52. The van der Waals surface area contributed by atoms with E-state index in [1.807, 2.05) is 0 Å². The Bertz CT molecular complexity index is 807. The average molecular weight is 323 g/mol. The molecule has 1 aliphatic rings. The van der Waals surface area contributed by atoms with Gasteiger partial charge in [0, 0.05) is 26.0 Å². The number of H-pyrrole nitrogens is 1. The fourth-order valence-corrected chi connectivity index (χ4v) is 3.65. The molecule has 0 unspecified atom stereocenters. The molecule has 0 bridgehead atoms. The zero-order valence-corrected chi connectivity index (χ0v) is 13.2. The Balaban J connectivity index is 1.94. The standard InChI is InChI=1S/C13H17N5O3S/c1-17-8-9(6-15-17)13(19)18-5-3-4-10(18)12-11(7-14-16-12)22(2,20)21/h6-8,10H,3-5H2,1-2H3,(H,14,16)/t10-/m0/s1. The first-order chi connectivity index (χ1) is 10.4. The SMILES string of the molecule is Cn1cc(C(=O)N2CCC[C@H]2c2[nH]ncc2S(C)(=O)=O)cn1. The predicted octanol–water partition coefficient (Wildman–Crippen LogP) is 0.524. The largest absolute Gasteiger partial charge is 0.330 e. The maximum absolute atomic E-state index is 12.6. The predicted molar refractivity (Wildman–Crippen MR) is 77.9 cm³/mol. The van der Waals surface area contributed by atoms with Gasteiger partial charge < -0.3 is 4.90 Å². The third-order valence-corrected chi connectivity index (χ3v) is 4.95. The number of aromatic nitrogens is 4. The Kier molecular flexibility index (Phi) is 3.51. The number of sulfone groups is 1. The molecule has 3 heterocycles. The van der Waals surface area contributed by atoms with Crippen molar-refractivity contribution >= 4 is 15.7 Å². The molecule has 9 heteroatoms. The first-order valence-electron chi connectivity index (χ1n) is 6.91. The zero-order chi connectivity index (χ0) is 15.9. The van der Waals surface area contributed by atoms with Crippen molar-refractivity contribution in [2.45, 2.75) is 23.8 Å². The maximum Gasteiger partial charge on any atom is 0.257 e. The lowest BCUT2D eigenvalue weighted by atomic mass is 10.1. The molecule has 8 nitrogen and oxygen atoms in total. The van der Waals surface area contributed by atoms with Crippen LogP contribution in [-0.4, -0.2) is 52.0 Å². The van der Waals surface area contributed by atoms with E-state index in [1.54, 1.807) is 22.8 Å². The van der Waals surface area contributed by atoms with Crippen molar-refractivity contribution in [3.63, 3.8) is 0 Å². The topological polar surface area (TPSA) is 101 Å². The number of hydrogen-bond donors (Lipinski definition) is 1. The molecule has 0 aromatic carbocycles. The van der Waals surface area contributed by atoms with Crippen LogP contribution in [0.3, 0.4) is 0 Å². The van der Waals surface area contributed by atoms with Gasteiger partial charge in [-0.1, -0.05) is 0 Å². The van der Waals surface area contributed by atoms with Crippen LogP contribution in [0.5, 0.6) is 0 Å². The second-order valence-electron chi connectivity index (χ2n) is 5.48. The van der Waals surface area contributed by atoms with E-state index in [4.69, 9.17) is 0 Å². The minimum absolute atomic E-state index is 0.148. The maximum atomic E-state index is 12.6. The van der Waals surface area contributed by atoms with Crippen molar-refractivity contribution < 1.29 is 13.2 Å². The van der Waals surface area contributed by atoms with Crippen molar-refractivity contribution in [2.75, 3.05) is 12.8 Å². The molecule has 1 saturated heterocycles. The molecular weight excluding hydrogens is 306 g/mol. The summed E-state index contributed by atoms with van der Waals surface area (Å²) in [5, 5.41) is 10.6. The van der Waals surface area contributed by atoms with Crippen LogP contribution in [0.4, 0.5) is 0 Å². The van der Waals surface area contributed by atoms with Gasteiger partial charge in [-0.05, 0) is 12.8 Å². The highest BCUT2D eigenvalue weighted by Gasteiger charge is 2.35. The number of hydrogen-bond acceptors (Lipinski definition) is 5. The van der Waals surface area contributed by atoms with E-state index in [9.17, 15) is 13.2 Å². The number of likely N-dealkylation sites (tertiary alicyclic amines) is 1. The van der Waals surface area contributed by atoms with E-state index in [0.29, 0.717) is 24.2 Å². The molecule has 2 aromatic heterocycles. The molecule has 0 aliphatic carbocycles. The van der Waals surface area contributed by atoms with E-state index in [-0.39, 0.29) is 16.8 Å². The van der Waals surface area contributed by atoms with Crippen LogP contribution in [-0.2, 0) is 16.9 Å². The summed E-state index contributed by atoms with van der Waals surface area (Å²) in [5.41, 5.74) is 0.979. The highest BCUT2D eigenvalue weighted by Crippen LogP contribution is 2.35. The molecule has 1 amide bonds. The molecule has 0 saturated carbocycles. The van der Waals surface area contributed by atoms with Gasteiger partial charge >= 0.3 is 0 Å². The van der Waals surface area contributed by atoms with E-state index >= 15 is 0 Å². The molecule has 1 fully saturated rings. The van der Waals surface area contributed by atoms with Gasteiger partial charge in [0.05, 0.1) is 29.7 Å². The van der Waals surface area contributed by atoms with Gasteiger partial charge in [-0.2, -0.15) is 10.2 Å². The Labute approximate surface area is 128 Å². The van der Waals surface area contributed by atoms with Crippen molar-refractivity contribution in [3.05, 3.63) is 29.8 Å². The quantitative estimate of drug-likeness (QED) is 0.887. The Hall–Kier alpha value is -2.16. The summed E-state index contributed by atoms with van der Waals surface area (Å²) in [6.07, 6.45) is 7.14. The second kappa shape index (κ2) is 5.24. The van der Waals surface area contributed by atoms with Crippen LogP contribution in [0.25, 0.3) is 0 Å². The third-order valence-electron chi connectivity index (χ3n) is 3.83. The number of aryl methyl sites for hydroxylation is 1. The molecule has 1 N–H and O–H groups in total. The van der Waals surface area contributed by atoms with Crippen LogP contribution < -0.4 is 0 Å². The van der Waals surface area contributed by atoms with Gasteiger partial charge in [0.1, 0.15) is 4.90 Å². The first kappa shape index (κ1) is 14.8. The van der Waals surface area contributed by atoms with Crippen molar-refractivity contribution in [1.29, 1.82) is 0 Å². The van der Waals surface area contributed by atoms with E-state index in [2.05, 4.69) is 15.3 Å². The van der Waals surface area contributed by atoms with Gasteiger partial charge in [0.2, 0.25) is 0 Å². The minimum Gasteiger partial charge on any atom is -0.330 e. The summed E-state index contributed by atoms with van der Waals surface area (Å²) in [6.45, 7) is 0.584. The van der Waals surface area contributed by atoms with Crippen LogP contribution in [0.15, 0.2) is 23.5 Å². The number of amides is 1. The molecule has 1 aliphatic heterocycles. The number of aromatic amines is 1. The van der Waals surface area contributed by atoms with Crippen molar-refractivity contribution in [1.82, 2.24) is 24.9 Å². The van der Waals surface area contributed by atoms with Crippen molar-refractivity contribution in [3.8, 4) is 0 Å². The van der Waals surface area contributed by atoms with Gasteiger partial charge in [-0.25, -0.2) is 8.42 Å². The van der Waals surface area contributed by atoms with Gasteiger partial charge in [-0.3, -0.25) is 14.6 Å². The molecular formula is C13H17N5O3S. The van der Waals surface area contributed by atoms with E-state index in [0.717, 1.165) is 12.7 Å². The van der Waals surface area contributed by atoms with Crippen LogP contribution >= 0.6 is 0 Å². The fourth-order valence-electron chi connectivity index (χ4n) is 2.83. The first-order valence-corrected chi connectivity index (χ1v) is 8.80. The number of rotatable bonds is 3. The Morgan fingerprint density at radius 1 is 1.41 bits per heavy atom. The van der Waals surface area contributed by atoms with Crippen LogP contribution in [0.2, 0.25) is 0 Å². The molecule has 2 aromatic rings. The molecule has 0 radical (unpaired) electrons. The smallest absolute Gasteiger partial charge is 0.257 e. The van der Waals surface area contributed by atoms with Crippen LogP contribution in [0, 0.1) is 0 Å². The fraction of sp³-hybridized carbons (Fsp3) is 0.462. The Morgan fingerprint density at radius 3 is 2.82 bits per heavy atom. The average Bonchev–Trinajstić information content (AvgIpc) is 3.16. The Morgan fingerprint density at radius 2 is 2.18 bits per heavy atom. The highest BCUT2D eigenvalue weighted by molar-refractivity contribution is 7.90. The van der Waals surface area contributed by atoms with Gasteiger partial charge in [0.15, 0.2) is 9.84 Å². The number of nitrogens with one attached hydrogen (secondary N) is 1. The molecule has 1 atom stereocenters. The highest BCUT2D eigenvalue weighted by atomic mass is 32.2. The second-order valence-corrected chi connectivity index (χ2v) is 7.46. The zero-order valence-electron chi connectivity index (χ0n) is 12.4. The van der Waals surface area contributed by atoms with E-state index < -0.39 is 9.84 Å². The molecule has 0 spiro atoms. The number of carbonyl (C=O) groups excluding carboxylic acids is 1. The summed E-state index contributed by atoms with van der Waals surface area (Å²) in [4.78, 5) is 14.5. The number of carbonyl (C=O) groups is 1. The summed E-state index contributed by atoms with van der Waals surface area (Å²) >= 11 is 0.